The summed E-state index contributed by atoms with van der Waals surface area (Å²) >= 11 is 0. The number of carbonyl (C=O) groups is 1. The minimum atomic E-state index is -0.624. The fraction of sp³-hybridized carbons (Fsp3) is 0.889. The van der Waals surface area contributed by atoms with E-state index in [2.05, 4.69) is 0 Å². The monoisotopic (exact) mass is 172 g/mol. The molecule has 0 saturated carbocycles. The summed E-state index contributed by atoms with van der Waals surface area (Å²) in [6, 6.07) is 0. The van der Waals surface area contributed by atoms with Crippen molar-refractivity contribution in [2.24, 2.45) is 5.41 Å². The van der Waals surface area contributed by atoms with Crippen LogP contribution in [0.5, 0.6) is 0 Å². The lowest BCUT2D eigenvalue weighted by atomic mass is 9.87. The van der Waals surface area contributed by atoms with Crippen molar-refractivity contribution >= 4 is 6.29 Å². The maximum absolute atomic E-state index is 10.7. The van der Waals surface area contributed by atoms with E-state index >= 15 is 0 Å². The first-order valence-electron chi connectivity index (χ1n) is 4.14. The van der Waals surface area contributed by atoms with Gasteiger partial charge in [-0.1, -0.05) is 13.8 Å². The van der Waals surface area contributed by atoms with Crippen LogP contribution in [0.3, 0.4) is 0 Å². The minimum Gasteiger partial charge on any atom is -0.350 e. The van der Waals surface area contributed by atoms with Gasteiger partial charge in [0.15, 0.2) is 5.79 Å². The highest BCUT2D eigenvalue weighted by Crippen LogP contribution is 2.33. The van der Waals surface area contributed by atoms with Crippen molar-refractivity contribution in [2.45, 2.75) is 39.6 Å². The Morgan fingerprint density at radius 3 is 2.33 bits per heavy atom. The SMILES string of the molecule is CC1(C)OCC(C)(C)C(C=O)O1. The van der Waals surface area contributed by atoms with Crippen LogP contribution in [-0.2, 0) is 14.3 Å². The van der Waals surface area contributed by atoms with Gasteiger partial charge in [0.25, 0.3) is 0 Å². The molecule has 1 fully saturated rings. The van der Waals surface area contributed by atoms with Gasteiger partial charge in [0.05, 0.1) is 6.61 Å². The molecule has 1 atom stereocenters. The molecule has 1 aliphatic rings. The van der Waals surface area contributed by atoms with Crippen LogP contribution in [0.15, 0.2) is 0 Å². The Kier molecular flexibility index (Phi) is 2.27. The fourth-order valence-electron chi connectivity index (χ4n) is 1.15. The van der Waals surface area contributed by atoms with Crippen LogP contribution in [-0.4, -0.2) is 24.8 Å². The second-order valence-corrected chi connectivity index (χ2v) is 4.35. The lowest BCUT2D eigenvalue weighted by Gasteiger charge is -2.43. The van der Waals surface area contributed by atoms with E-state index in [-0.39, 0.29) is 11.5 Å². The second-order valence-electron chi connectivity index (χ2n) is 4.35. The molecule has 0 N–H and O–H groups in total. The van der Waals surface area contributed by atoms with Crippen molar-refractivity contribution in [3.63, 3.8) is 0 Å². The zero-order valence-corrected chi connectivity index (χ0v) is 8.09. The van der Waals surface area contributed by atoms with E-state index in [0.29, 0.717) is 6.61 Å². The molecule has 0 amide bonds. The summed E-state index contributed by atoms with van der Waals surface area (Å²) in [6.45, 7) is 8.11. The molecule has 3 nitrogen and oxygen atoms in total. The summed E-state index contributed by atoms with van der Waals surface area (Å²) in [6.07, 6.45) is 0.492. The number of aldehydes is 1. The summed E-state index contributed by atoms with van der Waals surface area (Å²) in [5.41, 5.74) is -0.211. The van der Waals surface area contributed by atoms with Gasteiger partial charge in [0, 0.05) is 5.41 Å². The molecule has 3 heteroatoms. The third-order valence-corrected chi connectivity index (χ3v) is 2.10. The smallest absolute Gasteiger partial charge is 0.163 e. The predicted molar refractivity (Wildman–Crippen MR) is 44.7 cm³/mol. The average molecular weight is 172 g/mol. The predicted octanol–water partition coefficient (Wildman–Crippen LogP) is 1.36. The van der Waals surface area contributed by atoms with Gasteiger partial charge in [0.2, 0.25) is 0 Å². The molecule has 0 bridgehead atoms. The highest BCUT2D eigenvalue weighted by Gasteiger charge is 2.41. The van der Waals surface area contributed by atoms with Crippen LogP contribution in [0, 0.1) is 5.41 Å². The number of hydrogen-bond acceptors (Lipinski definition) is 3. The summed E-state index contributed by atoms with van der Waals surface area (Å²) in [4.78, 5) is 10.7. The highest BCUT2D eigenvalue weighted by molar-refractivity contribution is 5.57. The standard InChI is InChI=1S/C9H16O3/c1-8(2)6-11-9(3,4)12-7(8)5-10/h5,7H,6H2,1-4H3. The Morgan fingerprint density at radius 2 is 1.92 bits per heavy atom. The Balaban J connectivity index is 2.73. The lowest BCUT2D eigenvalue weighted by molar-refractivity contribution is -0.300. The molecule has 0 aromatic carbocycles. The van der Waals surface area contributed by atoms with Gasteiger partial charge in [-0.05, 0) is 13.8 Å². The molecule has 1 unspecified atom stereocenters. The summed E-state index contributed by atoms with van der Waals surface area (Å²) in [7, 11) is 0. The maximum Gasteiger partial charge on any atom is 0.163 e. The van der Waals surface area contributed by atoms with Gasteiger partial charge in [-0.2, -0.15) is 0 Å². The van der Waals surface area contributed by atoms with E-state index in [9.17, 15) is 4.79 Å². The molecule has 70 valence electrons. The zero-order chi connectivity index (χ0) is 9.41. The van der Waals surface area contributed by atoms with Crippen LogP contribution in [0.25, 0.3) is 0 Å². The van der Waals surface area contributed by atoms with Crippen molar-refractivity contribution in [3.05, 3.63) is 0 Å². The Hall–Kier alpha value is -0.410. The summed E-state index contributed by atoms with van der Waals surface area (Å²) < 4.78 is 10.9. The Morgan fingerprint density at radius 1 is 1.33 bits per heavy atom. The highest BCUT2D eigenvalue weighted by atomic mass is 16.7. The van der Waals surface area contributed by atoms with Gasteiger partial charge >= 0.3 is 0 Å². The molecule has 0 aliphatic carbocycles. The van der Waals surface area contributed by atoms with Crippen molar-refractivity contribution in [1.82, 2.24) is 0 Å². The van der Waals surface area contributed by atoms with Crippen molar-refractivity contribution in [2.75, 3.05) is 6.61 Å². The first-order chi connectivity index (χ1) is 5.37. The zero-order valence-electron chi connectivity index (χ0n) is 8.09. The first kappa shape index (κ1) is 9.68. The Labute approximate surface area is 73.0 Å². The molecule has 1 saturated heterocycles. The van der Waals surface area contributed by atoms with Gasteiger partial charge in [-0.3, -0.25) is 0 Å². The van der Waals surface area contributed by atoms with E-state index < -0.39 is 5.79 Å². The molecule has 0 radical (unpaired) electrons. The van der Waals surface area contributed by atoms with Gasteiger partial charge < -0.3 is 14.3 Å². The molecule has 0 aromatic rings. The van der Waals surface area contributed by atoms with Gasteiger partial charge in [0.1, 0.15) is 12.4 Å². The summed E-state index contributed by atoms with van der Waals surface area (Å²) in [5, 5.41) is 0. The molecule has 1 heterocycles. The normalized spacial score (nSPS) is 32.8. The molecule has 12 heavy (non-hydrogen) atoms. The molecule has 1 rings (SSSR count). The molecule has 1 aliphatic heterocycles. The van der Waals surface area contributed by atoms with Crippen molar-refractivity contribution in [1.29, 1.82) is 0 Å². The second kappa shape index (κ2) is 2.82. The van der Waals surface area contributed by atoms with E-state index in [4.69, 9.17) is 9.47 Å². The fourth-order valence-corrected chi connectivity index (χ4v) is 1.15. The molecule has 0 aromatic heterocycles. The molecule has 0 spiro atoms. The van der Waals surface area contributed by atoms with Crippen molar-refractivity contribution in [3.8, 4) is 0 Å². The Bertz CT molecular complexity index is 184. The third-order valence-electron chi connectivity index (χ3n) is 2.10. The van der Waals surface area contributed by atoms with E-state index in [1.54, 1.807) is 0 Å². The maximum atomic E-state index is 10.7. The lowest BCUT2D eigenvalue weighted by Crippen LogP contribution is -2.50. The largest absolute Gasteiger partial charge is 0.350 e. The number of rotatable bonds is 1. The van der Waals surface area contributed by atoms with E-state index in [0.717, 1.165) is 6.29 Å². The van der Waals surface area contributed by atoms with Gasteiger partial charge in [-0.25, -0.2) is 0 Å². The number of carbonyl (C=O) groups excluding carboxylic acids is 1. The van der Waals surface area contributed by atoms with E-state index in [1.165, 1.54) is 0 Å². The summed E-state index contributed by atoms with van der Waals surface area (Å²) in [5.74, 6) is -0.624. The van der Waals surface area contributed by atoms with Crippen LogP contribution >= 0.6 is 0 Å². The quantitative estimate of drug-likeness (QED) is 0.560. The molecular weight excluding hydrogens is 156 g/mol. The topological polar surface area (TPSA) is 35.5 Å². The van der Waals surface area contributed by atoms with Crippen LogP contribution in [0.2, 0.25) is 0 Å². The molecular formula is C9H16O3. The third kappa shape index (κ3) is 1.84. The number of hydrogen-bond donors (Lipinski definition) is 0. The van der Waals surface area contributed by atoms with Crippen molar-refractivity contribution < 1.29 is 14.3 Å². The van der Waals surface area contributed by atoms with Crippen LogP contribution < -0.4 is 0 Å². The number of ether oxygens (including phenoxy) is 2. The van der Waals surface area contributed by atoms with Gasteiger partial charge in [-0.15, -0.1) is 0 Å². The average Bonchev–Trinajstić information content (AvgIpc) is 1.95. The first-order valence-corrected chi connectivity index (χ1v) is 4.14. The van der Waals surface area contributed by atoms with Crippen LogP contribution in [0.1, 0.15) is 27.7 Å². The minimum absolute atomic E-state index is 0.211. The van der Waals surface area contributed by atoms with Crippen LogP contribution in [0.4, 0.5) is 0 Å². The van der Waals surface area contributed by atoms with E-state index in [1.807, 2.05) is 27.7 Å².